The molecule has 0 spiro atoms. The number of carbonyl (C=O) groups excluding carboxylic acids is 3. The van der Waals surface area contributed by atoms with E-state index in [2.05, 4.69) is 5.32 Å². The fourth-order valence-corrected chi connectivity index (χ4v) is 4.75. The zero-order valence-electron chi connectivity index (χ0n) is 18.5. The van der Waals surface area contributed by atoms with E-state index in [9.17, 15) is 23.2 Å². The number of likely N-dealkylation sites (tertiary alicyclic amines) is 1. The number of benzene rings is 2. The van der Waals surface area contributed by atoms with Crippen molar-refractivity contribution in [3.05, 3.63) is 59.2 Å². The van der Waals surface area contributed by atoms with Gasteiger partial charge in [0.05, 0.1) is 6.04 Å². The third kappa shape index (κ3) is 3.63. The minimum Gasteiger partial charge on any atom is -0.486 e. The lowest BCUT2D eigenvalue weighted by Crippen LogP contribution is -2.44. The molecule has 2 aromatic rings. The van der Waals surface area contributed by atoms with Crippen LogP contribution < -0.4 is 14.8 Å². The molecule has 34 heavy (non-hydrogen) atoms. The molecule has 4 amide bonds. The Hall–Kier alpha value is -3.69. The third-order valence-corrected chi connectivity index (χ3v) is 6.59. The van der Waals surface area contributed by atoms with Crippen molar-refractivity contribution in [1.29, 1.82) is 0 Å². The van der Waals surface area contributed by atoms with Gasteiger partial charge < -0.3 is 19.7 Å². The first-order valence-corrected chi connectivity index (χ1v) is 11.1. The molecule has 3 aliphatic heterocycles. The van der Waals surface area contributed by atoms with Crippen molar-refractivity contribution in [2.45, 2.75) is 31.3 Å². The molecular weight excluding hydrogens is 448 g/mol. The zero-order chi connectivity index (χ0) is 24.0. The Labute approximate surface area is 194 Å². The summed E-state index contributed by atoms with van der Waals surface area (Å²) in [6.07, 6.45) is 1.51. The smallest absolute Gasteiger partial charge is 0.325 e. The largest absolute Gasteiger partial charge is 0.486 e. The summed E-state index contributed by atoms with van der Waals surface area (Å²) in [5.74, 6) is -1.99. The van der Waals surface area contributed by atoms with E-state index in [4.69, 9.17) is 9.47 Å². The fourth-order valence-electron chi connectivity index (χ4n) is 4.75. The number of urea groups is 1. The van der Waals surface area contributed by atoms with Gasteiger partial charge in [-0.05, 0) is 55.2 Å². The minimum atomic E-state index is -1.61. The molecule has 0 saturated carbocycles. The first-order chi connectivity index (χ1) is 16.3. The van der Waals surface area contributed by atoms with Gasteiger partial charge in [0, 0.05) is 6.54 Å². The lowest BCUT2D eigenvalue weighted by Gasteiger charge is -2.28. The van der Waals surface area contributed by atoms with E-state index >= 15 is 0 Å². The van der Waals surface area contributed by atoms with Crippen LogP contribution >= 0.6 is 0 Å². The van der Waals surface area contributed by atoms with Crippen LogP contribution in [0, 0.1) is 11.6 Å². The lowest BCUT2D eigenvalue weighted by atomic mass is 9.92. The van der Waals surface area contributed by atoms with Gasteiger partial charge in [-0.1, -0.05) is 12.1 Å². The number of imide groups is 1. The molecule has 10 heteroatoms. The Kier molecular flexibility index (Phi) is 5.38. The molecule has 0 bridgehead atoms. The molecule has 2 aromatic carbocycles. The number of fused-ring (bicyclic) bond motifs is 1. The first-order valence-electron chi connectivity index (χ1n) is 11.1. The highest BCUT2D eigenvalue weighted by Gasteiger charge is 2.50. The second-order valence-corrected chi connectivity index (χ2v) is 8.72. The van der Waals surface area contributed by atoms with Gasteiger partial charge in [0.2, 0.25) is 5.91 Å². The van der Waals surface area contributed by atoms with E-state index in [0.29, 0.717) is 31.3 Å². The normalized spacial score (nSPS) is 23.9. The first kappa shape index (κ1) is 22.1. The molecule has 2 fully saturated rings. The molecule has 0 aliphatic carbocycles. The summed E-state index contributed by atoms with van der Waals surface area (Å²) >= 11 is 0. The van der Waals surface area contributed by atoms with E-state index in [0.717, 1.165) is 35.4 Å². The number of ether oxygens (including phenoxy) is 2. The second-order valence-electron chi connectivity index (χ2n) is 8.72. The highest BCUT2D eigenvalue weighted by atomic mass is 19.2. The summed E-state index contributed by atoms with van der Waals surface area (Å²) in [7, 11) is 0. The molecular formula is C24H23F2N3O5. The summed E-state index contributed by atoms with van der Waals surface area (Å²) in [5.41, 5.74) is -0.625. The van der Waals surface area contributed by atoms with Gasteiger partial charge in [-0.2, -0.15) is 0 Å². The quantitative estimate of drug-likeness (QED) is 0.693. The summed E-state index contributed by atoms with van der Waals surface area (Å²) in [6.45, 7) is 2.37. The van der Waals surface area contributed by atoms with Crippen LogP contribution in [0.3, 0.4) is 0 Å². The highest BCUT2D eigenvalue weighted by molar-refractivity contribution is 6.09. The molecule has 3 aliphatic rings. The SMILES string of the molecule is C[C@@]1(c2ccc(F)c(F)c2)NC(=O)N(CC(=O)N2CCC[C@@H]2c2ccc3c(c2)OCCO3)C1=O. The Morgan fingerprint density at radius 1 is 1.09 bits per heavy atom. The predicted octanol–water partition coefficient (Wildman–Crippen LogP) is 2.87. The average Bonchev–Trinajstić information content (AvgIpc) is 3.40. The third-order valence-electron chi connectivity index (χ3n) is 6.59. The maximum atomic E-state index is 13.8. The van der Waals surface area contributed by atoms with Crippen LogP contribution in [0.25, 0.3) is 0 Å². The van der Waals surface area contributed by atoms with E-state index in [-0.39, 0.29) is 17.5 Å². The number of rotatable bonds is 4. The van der Waals surface area contributed by atoms with Crippen LogP contribution in [0.15, 0.2) is 36.4 Å². The fraction of sp³-hybridized carbons (Fsp3) is 0.375. The molecule has 0 radical (unpaired) electrons. The van der Waals surface area contributed by atoms with Crippen molar-refractivity contribution < 1.29 is 32.6 Å². The standard InChI is InChI=1S/C24H23F2N3O5/c1-24(15-5-6-16(25)17(26)12-15)22(31)29(23(32)27-24)13-21(30)28-8-2-3-18(28)14-4-7-19-20(11-14)34-10-9-33-19/h4-7,11-12,18H,2-3,8-10,13H2,1H3,(H,27,32)/t18-,24+/m1/s1. The Morgan fingerprint density at radius 2 is 1.85 bits per heavy atom. The molecule has 0 aromatic heterocycles. The summed E-state index contributed by atoms with van der Waals surface area (Å²) in [4.78, 5) is 41.4. The van der Waals surface area contributed by atoms with E-state index < -0.39 is 35.7 Å². The Bertz CT molecular complexity index is 1190. The van der Waals surface area contributed by atoms with E-state index in [1.807, 2.05) is 18.2 Å². The summed E-state index contributed by atoms with van der Waals surface area (Å²) < 4.78 is 38.3. The minimum absolute atomic E-state index is 0.0926. The molecule has 8 nitrogen and oxygen atoms in total. The zero-order valence-corrected chi connectivity index (χ0v) is 18.5. The number of halogens is 2. The van der Waals surface area contributed by atoms with Gasteiger partial charge in [0.1, 0.15) is 25.3 Å². The highest BCUT2D eigenvalue weighted by Crippen LogP contribution is 2.38. The lowest BCUT2D eigenvalue weighted by molar-refractivity contribution is -0.139. The van der Waals surface area contributed by atoms with Crippen molar-refractivity contribution in [3.63, 3.8) is 0 Å². The van der Waals surface area contributed by atoms with Crippen LogP contribution in [0.2, 0.25) is 0 Å². The Balaban J connectivity index is 1.34. The van der Waals surface area contributed by atoms with Crippen LogP contribution in [0.5, 0.6) is 11.5 Å². The maximum absolute atomic E-state index is 13.8. The van der Waals surface area contributed by atoms with Crippen LogP contribution in [-0.2, 0) is 15.1 Å². The molecule has 2 saturated heterocycles. The van der Waals surface area contributed by atoms with Gasteiger partial charge in [0.25, 0.3) is 5.91 Å². The van der Waals surface area contributed by atoms with Crippen molar-refractivity contribution in [2.24, 2.45) is 0 Å². The summed E-state index contributed by atoms with van der Waals surface area (Å²) in [5, 5.41) is 2.51. The number of hydrogen-bond acceptors (Lipinski definition) is 5. The van der Waals surface area contributed by atoms with Crippen molar-refractivity contribution >= 4 is 17.8 Å². The predicted molar refractivity (Wildman–Crippen MR) is 115 cm³/mol. The maximum Gasteiger partial charge on any atom is 0.325 e. The van der Waals surface area contributed by atoms with Crippen molar-refractivity contribution in [3.8, 4) is 11.5 Å². The topological polar surface area (TPSA) is 88.2 Å². The van der Waals surface area contributed by atoms with Crippen LogP contribution in [0.4, 0.5) is 13.6 Å². The van der Waals surface area contributed by atoms with Gasteiger partial charge in [-0.15, -0.1) is 0 Å². The number of hydrogen-bond donors (Lipinski definition) is 1. The van der Waals surface area contributed by atoms with Gasteiger partial charge in [-0.25, -0.2) is 13.6 Å². The molecule has 5 rings (SSSR count). The Morgan fingerprint density at radius 3 is 2.62 bits per heavy atom. The van der Waals surface area contributed by atoms with Gasteiger partial charge >= 0.3 is 6.03 Å². The van der Waals surface area contributed by atoms with Crippen molar-refractivity contribution in [1.82, 2.24) is 15.1 Å². The van der Waals surface area contributed by atoms with E-state index in [1.165, 1.54) is 13.0 Å². The number of nitrogens with zero attached hydrogens (tertiary/aromatic N) is 2. The van der Waals surface area contributed by atoms with E-state index in [1.54, 1.807) is 4.90 Å². The molecule has 2 atom stereocenters. The van der Waals surface area contributed by atoms with Crippen LogP contribution in [-0.4, -0.2) is 53.9 Å². The average molecular weight is 471 g/mol. The molecule has 0 unspecified atom stereocenters. The van der Waals surface area contributed by atoms with Gasteiger partial charge in [-0.3, -0.25) is 14.5 Å². The second kappa shape index (κ2) is 8.27. The number of amides is 4. The number of carbonyl (C=O) groups is 3. The molecule has 3 heterocycles. The number of nitrogens with one attached hydrogen (secondary N) is 1. The summed E-state index contributed by atoms with van der Waals surface area (Å²) in [6, 6.07) is 7.58. The van der Waals surface area contributed by atoms with Gasteiger partial charge in [0.15, 0.2) is 23.1 Å². The molecule has 178 valence electrons. The van der Waals surface area contributed by atoms with Crippen LogP contribution in [0.1, 0.15) is 36.9 Å². The molecule has 1 N–H and O–H groups in total. The monoisotopic (exact) mass is 471 g/mol. The van der Waals surface area contributed by atoms with Crippen molar-refractivity contribution in [2.75, 3.05) is 26.3 Å².